The number of benzene rings is 3. The predicted molar refractivity (Wildman–Crippen MR) is 125 cm³/mol. The Bertz CT molecular complexity index is 1420. The molecule has 6 nitrogen and oxygen atoms in total. The number of hydrogen-bond donors (Lipinski definition) is 1. The summed E-state index contributed by atoms with van der Waals surface area (Å²) in [4.78, 5) is 0. The van der Waals surface area contributed by atoms with E-state index < -0.39 is 5.92 Å². The lowest BCUT2D eigenvalue weighted by Crippen LogP contribution is -2.22. The molecule has 0 amide bonds. The summed E-state index contributed by atoms with van der Waals surface area (Å²) in [5.41, 5.74) is 10.2. The van der Waals surface area contributed by atoms with Gasteiger partial charge < -0.3 is 15.2 Å². The van der Waals surface area contributed by atoms with Crippen LogP contribution in [0.5, 0.6) is 11.6 Å². The molecule has 0 fully saturated rings. The van der Waals surface area contributed by atoms with Crippen molar-refractivity contribution in [3.8, 4) is 23.4 Å². The van der Waals surface area contributed by atoms with Crippen LogP contribution in [0.25, 0.3) is 5.69 Å². The monoisotopic (exact) mass is 452 g/mol. The molecule has 0 saturated heterocycles. The molecule has 1 aliphatic rings. The third-order valence-electron chi connectivity index (χ3n) is 5.80. The summed E-state index contributed by atoms with van der Waals surface area (Å²) in [5.74, 6) is 0.388. The number of rotatable bonds is 5. The molecule has 1 aromatic heterocycles. The number of aryl methyl sites for hydroxylation is 1. The highest BCUT2D eigenvalue weighted by Crippen LogP contribution is 2.44. The molecule has 0 aliphatic carbocycles. The molecule has 34 heavy (non-hydrogen) atoms. The van der Waals surface area contributed by atoms with Crippen molar-refractivity contribution >= 4 is 0 Å². The second kappa shape index (κ2) is 8.75. The first-order valence-corrected chi connectivity index (χ1v) is 10.8. The van der Waals surface area contributed by atoms with Crippen molar-refractivity contribution in [1.82, 2.24) is 9.78 Å². The molecule has 2 heterocycles. The molecular weight excluding hydrogens is 431 g/mol. The number of allylic oxidation sites excluding steroid dienone is 1. The summed E-state index contributed by atoms with van der Waals surface area (Å²) < 4.78 is 27.2. The number of halogens is 1. The highest BCUT2D eigenvalue weighted by Gasteiger charge is 2.36. The van der Waals surface area contributed by atoms with Gasteiger partial charge in [-0.1, -0.05) is 48.5 Å². The number of nitriles is 1. The van der Waals surface area contributed by atoms with E-state index in [0.717, 1.165) is 22.5 Å². The molecule has 1 atom stereocenters. The zero-order chi connectivity index (χ0) is 23.7. The van der Waals surface area contributed by atoms with Crippen molar-refractivity contribution in [2.24, 2.45) is 5.73 Å². The molecule has 7 heteroatoms. The highest BCUT2D eigenvalue weighted by molar-refractivity contribution is 5.57. The molecule has 0 radical (unpaired) electrons. The van der Waals surface area contributed by atoms with Gasteiger partial charge in [0.15, 0.2) is 0 Å². The summed E-state index contributed by atoms with van der Waals surface area (Å²) in [6.07, 6.45) is 0. The van der Waals surface area contributed by atoms with E-state index in [2.05, 4.69) is 11.2 Å². The smallest absolute Gasteiger partial charge is 0.229 e. The van der Waals surface area contributed by atoms with Crippen LogP contribution in [-0.4, -0.2) is 9.78 Å². The van der Waals surface area contributed by atoms with Crippen molar-refractivity contribution in [3.63, 3.8) is 0 Å². The van der Waals surface area contributed by atoms with Crippen molar-refractivity contribution in [1.29, 1.82) is 5.26 Å². The van der Waals surface area contributed by atoms with E-state index in [0.29, 0.717) is 22.8 Å². The SMILES string of the molecule is Cc1nn(-c2ccccc2)c2c1C(c1ccc(OCc3ccccc3F)cc1)C(C#N)=C(N)O2. The van der Waals surface area contributed by atoms with Gasteiger partial charge in [0.2, 0.25) is 11.8 Å². The van der Waals surface area contributed by atoms with Crippen LogP contribution in [0.3, 0.4) is 0 Å². The number of nitrogens with two attached hydrogens (primary N) is 1. The lowest BCUT2D eigenvalue weighted by atomic mass is 9.84. The van der Waals surface area contributed by atoms with E-state index >= 15 is 0 Å². The number of para-hydroxylation sites is 1. The maximum absolute atomic E-state index is 13.9. The molecule has 4 aromatic rings. The minimum atomic E-state index is -0.438. The lowest BCUT2D eigenvalue weighted by molar-refractivity contribution is 0.299. The Kier molecular flexibility index (Phi) is 5.48. The van der Waals surface area contributed by atoms with Gasteiger partial charge in [-0.2, -0.15) is 10.4 Å². The second-order valence-corrected chi connectivity index (χ2v) is 7.93. The number of nitrogens with zero attached hydrogens (tertiary/aromatic N) is 3. The fourth-order valence-electron chi connectivity index (χ4n) is 4.12. The van der Waals surface area contributed by atoms with E-state index in [-0.39, 0.29) is 18.3 Å². The second-order valence-electron chi connectivity index (χ2n) is 7.93. The maximum Gasteiger partial charge on any atom is 0.229 e. The lowest BCUT2D eigenvalue weighted by Gasteiger charge is -2.25. The molecule has 2 N–H and O–H groups in total. The average Bonchev–Trinajstić information content (AvgIpc) is 3.19. The molecule has 1 unspecified atom stereocenters. The summed E-state index contributed by atoms with van der Waals surface area (Å²) in [6, 6.07) is 25.7. The van der Waals surface area contributed by atoms with Gasteiger partial charge in [0.05, 0.1) is 22.9 Å². The summed E-state index contributed by atoms with van der Waals surface area (Å²) in [5, 5.41) is 14.5. The Balaban J connectivity index is 1.49. The topological polar surface area (TPSA) is 86.1 Å². The maximum atomic E-state index is 13.9. The van der Waals surface area contributed by atoms with Gasteiger partial charge in [0.25, 0.3) is 0 Å². The summed E-state index contributed by atoms with van der Waals surface area (Å²) in [6.45, 7) is 2.00. The Morgan fingerprint density at radius 3 is 2.47 bits per heavy atom. The Morgan fingerprint density at radius 2 is 1.76 bits per heavy atom. The van der Waals surface area contributed by atoms with Crippen LogP contribution in [0.4, 0.5) is 4.39 Å². The zero-order valence-electron chi connectivity index (χ0n) is 18.4. The zero-order valence-corrected chi connectivity index (χ0v) is 18.4. The van der Waals surface area contributed by atoms with Crippen LogP contribution in [0.2, 0.25) is 0 Å². The summed E-state index contributed by atoms with van der Waals surface area (Å²) >= 11 is 0. The molecule has 0 bridgehead atoms. The standard InChI is InChI=1S/C27H21FN4O2/c1-17-24-25(18-11-13-21(14-12-18)33-16-19-7-5-6-10-23(19)28)22(15-29)26(30)34-27(24)32(31-17)20-8-3-2-4-9-20/h2-14,25H,16,30H2,1H3. The fraction of sp³-hybridized carbons (Fsp3) is 0.111. The Morgan fingerprint density at radius 1 is 1.06 bits per heavy atom. The van der Waals surface area contributed by atoms with Crippen molar-refractivity contribution in [2.75, 3.05) is 0 Å². The van der Waals surface area contributed by atoms with Crippen molar-refractivity contribution in [2.45, 2.75) is 19.4 Å². The molecule has 3 aromatic carbocycles. The average molecular weight is 452 g/mol. The predicted octanol–water partition coefficient (Wildman–Crippen LogP) is 5.12. The van der Waals surface area contributed by atoms with Crippen LogP contribution in [-0.2, 0) is 6.61 Å². The number of ether oxygens (including phenoxy) is 2. The Labute approximate surface area is 196 Å². The Hall–Kier alpha value is -4.57. The van der Waals surface area contributed by atoms with Crippen LogP contribution >= 0.6 is 0 Å². The molecule has 0 saturated carbocycles. The number of aromatic nitrogens is 2. The van der Waals surface area contributed by atoms with Gasteiger partial charge in [-0.25, -0.2) is 9.07 Å². The molecule has 5 rings (SSSR count). The van der Waals surface area contributed by atoms with E-state index in [1.54, 1.807) is 35.0 Å². The van der Waals surface area contributed by atoms with Gasteiger partial charge in [0.1, 0.15) is 29.8 Å². The van der Waals surface area contributed by atoms with E-state index in [4.69, 9.17) is 15.2 Å². The van der Waals surface area contributed by atoms with Crippen LogP contribution in [0.1, 0.15) is 28.3 Å². The van der Waals surface area contributed by atoms with E-state index in [1.807, 2.05) is 49.4 Å². The first-order chi connectivity index (χ1) is 16.6. The molecule has 0 spiro atoms. The number of hydrogen-bond acceptors (Lipinski definition) is 5. The van der Waals surface area contributed by atoms with Gasteiger partial charge in [-0.15, -0.1) is 0 Å². The minimum absolute atomic E-state index is 0.0527. The van der Waals surface area contributed by atoms with Gasteiger partial charge in [-0.05, 0) is 42.8 Å². The number of fused-ring (bicyclic) bond motifs is 1. The first kappa shape index (κ1) is 21.3. The highest BCUT2D eigenvalue weighted by atomic mass is 19.1. The minimum Gasteiger partial charge on any atom is -0.489 e. The first-order valence-electron chi connectivity index (χ1n) is 10.8. The van der Waals surface area contributed by atoms with E-state index in [9.17, 15) is 9.65 Å². The van der Waals surface area contributed by atoms with Crippen molar-refractivity contribution < 1.29 is 13.9 Å². The van der Waals surface area contributed by atoms with Crippen LogP contribution in [0.15, 0.2) is 90.3 Å². The van der Waals surface area contributed by atoms with Crippen LogP contribution in [0, 0.1) is 24.1 Å². The van der Waals surface area contributed by atoms with Crippen molar-refractivity contribution in [3.05, 3.63) is 119 Å². The third kappa shape index (κ3) is 3.76. The normalized spacial score (nSPS) is 14.8. The molecular formula is C27H21FN4O2. The van der Waals surface area contributed by atoms with Gasteiger partial charge in [0, 0.05) is 5.56 Å². The summed E-state index contributed by atoms with van der Waals surface area (Å²) in [7, 11) is 0. The van der Waals surface area contributed by atoms with Gasteiger partial charge in [-0.3, -0.25) is 0 Å². The van der Waals surface area contributed by atoms with Gasteiger partial charge >= 0.3 is 0 Å². The van der Waals surface area contributed by atoms with E-state index in [1.165, 1.54) is 6.07 Å². The molecule has 168 valence electrons. The quantitative estimate of drug-likeness (QED) is 0.454. The fourth-order valence-corrected chi connectivity index (χ4v) is 4.12. The van der Waals surface area contributed by atoms with Crippen LogP contribution < -0.4 is 15.2 Å². The molecule has 1 aliphatic heterocycles. The largest absolute Gasteiger partial charge is 0.489 e. The third-order valence-corrected chi connectivity index (χ3v) is 5.80.